The normalized spacial score (nSPS) is 13.1. The Morgan fingerprint density at radius 3 is 2.46 bits per heavy atom. The minimum atomic E-state index is -2.09. The standard InChI is InChI=1S/C7H16O3S3/c1-2-3-6-11-12-7-4-5-10-13(8)9/h2-7H2,1H3,(H,8,9). The van der Waals surface area contributed by atoms with E-state index in [1.807, 2.05) is 10.8 Å². The molecule has 0 saturated carbocycles. The van der Waals surface area contributed by atoms with Crippen LogP contribution in [0, 0.1) is 0 Å². The third kappa shape index (κ3) is 12.8. The van der Waals surface area contributed by atoms with Crippen molar-refractivity contribution in [3.8, 4) is 0 Å². The zero-order valence-electron chi connectivity index (χ0n) is 7.73. The van der Waals surface area contributed by atoms with Gasteiger partial charge in [0.2, 0.25) is 0 Å². The lowest BCUT2D eigenvalue weighted by molar-refractivity contribution is 0.308. The molecule has 0 rings (SSSR count). The summed E-state index contributed by atoms with van der Waals surface area (Å²) in [6, 6.07) is 0. The van der Waals surface area contributed by atoms with E-state index in [1.165, 1.54) is 18.6 Å². The van der Waals surface area contributed by atoms with E-state index in [1.54, 1.807) is 10.8 Å². The summed E-state index contributed by atoms with van der Waals surface area (Å²) in [4.78, 5) is 0. The molecule has 0 aromatic heterocycles. The molecule has 0 radical (unpaired) electrons. The lowest BCUT2D eigenvalue weighted by atomic mass is 10.4. The Bertz CT molecular complexity index is 132. The first-order chi connectivity index (χ1) is 6.27. The van der Waals surface area contributed by atoms with E-state index in [4.69, 9.17) is 4.55 Å². The molecule has 3 nitrogen and oxygen atoms in total. The topological polar surface area (TPSA) is 46.5 Å². The zero-order valence-corrected chi connectivity index (χ0v) is 10.2. The molecular weight excluding hydrogens is 228 g/mol. The lowest BCUT2D eigenvalue weighted by Crippen LogP contribution is -1.97. The van der Waals surface area contributed by atoms with Crippen LogP contribution in [-0.2, 0) is 15.5 Å². The predicted octanol–water partition coefficient (Wildman–Crippen LogP) is 2.71. The number of rotatable bonds is 9. The second-order valence-corrected chi connectivity index (χ2v) is 5.76. The van der Waals surface area contributed by atoms with Crippen molar-refractivity contribution in [2.24, 2.45) is 0 Å². The van der Waals surface area contributed by atoms with Crippen molar-refractivity contribution in [1.82, 2.24) is 0 Å². The molecule has 0 aliphatic rings. The van der Waals surface area contributed by atoms with Gasteiger partial charge in [0.05, 0.1) is 6.61 Å². The number of hydrogen-bond acceptors (Lipinski definition) is 4. The van der Waals surface area contributed by atoms with Gasteiger partial charge in [0.25, 0.3) is 0 Å². The highest BCUT2D eigenvalue weighted by Crippen LogP contribution is 2.22. The van der Waals surface area contributed by atoms with Crippen LogP contribution < -0.4 is 0 Å². The van der Waals surface area contributed by atoms with E-state index < -0.39 is 11.4 Å². The van der Waals surface area contributed by atoms with Gasteiger partial charge < -0.3 is 0 Å². The smallest absolute Gasteiger partial charge is 0.284 e. The molecule has 1 atom stereocenters. The van der Waals surface area contributed by atoms with Gasteiger partial charge in [-0.25, -0.2) is 0 Å². The third-order valence-electron chi connectivity index (χ3n) is 1.22. The van der Waals surface area contributed by atoms with Crippen LogP contribution in [0.4, 0.5) is 0 Å². The van der Waals surface area contributed by atoms with E-state index in [-0.39, 0.29) is 0 Å². The molecule has 0 saturated heterocycles. The van der Waals surface area contributed by atoms with Crippen LogP contribution in [0.5, 0.6) is 0 Å². The second-order valence-electron chi connectivity index (χ2n) is 2.39. The van der Waals surface area contributed by atoms with Crippen molar-refractivity contribution in [3.05, 3.63) is 0 Å². The SMILES string of the molecule is CCCCSSCCCOS(=O)O. The van der Waals surface area contributed by atoms with Crippen LogP contribution in [-0.4, -0.2) is 26.9 Å². The first-order valence-corrected chi connectivity index (χ1v) is 7.78. The average molecular weight is 244 g/mol. The van der Waals surface area contributed by atoms with Crippen LogP contribution >= 0.6 is 21.6 Å². The maximum atomic E-state index is 10.1. The van der Waals surface area contributed by atoms with Crippen LogP contribution in [0.3, 0.4) is 0 Å². The molecule has 0 aliphatic carbocycles. The van der Waals surface area contributed by atoms with Crippen molar-refractivity contribution in [2.45, 2.75) is 26.2 Å². The summed E-state index contributed by atoms with van der Waals surface area (Å²) >= 11 is -2.09. The summed E-state index contributed by atoms with van der Waals surface area (Å²) in [6.07, 6.45) is 3.32. The molecule has 1 unspecified atom stereocenters. The fourth-order valence-corrected chi connectivity index (χ4v) is 3.12. The molecule has 0 spiro atoms. The maximum Gasteiger partial charge on any atom is 0.301 e. The molecule has 0 amide bonds. The van der Waals surface area contributed by atoms with Crippen LogP contribution in [0.25, 0.3) is 0 Å². The summed E-state index contributed by atoms with van der Waals surface area (Å²) in [6.45, 7) is 2.54. The van der Waals surface area contributed by atoms with Crippen LogP contribution in [0.15, 0.2) is 0 Å². The summed E-state index contributed by atoms with van der Waals surface area (Å²) in [7, 11) is 3.66. The minimum absolute atomic E-state index is 0.366. The molecule has 0 aliphatic heterocycles. The molecule has 6 heteroatoms. The van der Waals surface area contributed by atoms with Crippen molar-refractivity contribution in [1.29, 1.82) is 0 Å². The van der Waals surface area contributed by atoms with Gasteiger partial charge in [0, 0.05) is 11.5 Å². The highest BCUT2D eigenvalue weighted by Gasteiger charge is 1.94. The number of hydrogen-bond donors (Lipinski definition) is 1. The zero-order chi connectivity index (χ0) is 9.94. The molecule has 1 N–H and O–H groups in total. The van der Waals surface area contributed by atoms with E-state index in [2.05, 4.69) is 11.1 Å². The van der Waals surface area contributed by atoms with Gasteiger partial charge >= 0.3 is 11.4 Å². The fourth-order valence-electron chi connectivity index (χ4n) is 0.569. The molecule has 0 aromatic rings. The van der Waals surface area contributed by atoms with Crippen molar-refractivity contribution in [2.75, 3.05) is 18.1 Å². The second kappa shape index (κ2) is 10.8. The molecule has 0 aromatic carbocycles. The Morgan fingerprint density at radius 2 is 1.92 bits per heavy atom. The summed E-state index contributed by atoms with van der Waals surface area (Å²) in [5, 5.41) is 0. The summed E-state index contributed by atoms with van der Waals surface area (Å²) in [5.41, 5.74) is 0. The van der Waals surface area contributed by atoms with Crippen molar-refractivity contribution < 1.29 is 12.9 Å². The predicted molar refractivity (Wildman–Crippen MR) is 61.2 cm³/mol. The van der Waals surface area contributed by atoms with Crippen molar-refractivity contribution in [3.63, 3.8) is 0 Å². The Labute approximate surface area is 90.3 Å². The number of unbranched alkanes of at least 4 members (excludes halogenated alkanes) is 1. The summed E-state index contributed by atoms with van der Waals surface area (Å²) < 4.78 is 22.8. The average Bonchev–Trinajstić information content (AvgIpc) is 2.09. The molecule has 13 heavy (non-hydrogen) atoms. The van der Waals surface area contributed by atoms with Gasteiger partial charge in [-0.2, -0.15) is 4.21 Å². The van der Waals surface area contributed by atoms with E-state index in [0.717, 1.165) is 12.2 Å². The van der Waals surface area contributed by atoms with Gasteiger partial charge in [-0.1, -0.05) is 34.9 Å². The minimum Gasteiger partial charge on any atom is -0.284 e. The van der Waals surface area contributed by atoms with E-state index in [9.17, 15) is 4.21 Å². The molecule has 0 heterocycles. The lowest BCUT2D eigenvalue weighted by Gasteiger charge is -1.99. The monoisotopic (exact) mass is 244 g/mol. The van der Waals surface area contributed by atoms with Gasteiger partial charge in [0.1, 0.15) is 0 Å². The highest BCUT2D eigenvalue weighted by molar-refractivity contribution is 8.76. The van der Waals surface area contributed by atoms with Gasteiger partial charge in [-0.05, 0) is 12.8 Å². The Morgan fingerprint density at radius 1 is 1.31 bits per heavy atom. The van der Waals surface area contributed by atoms with Gasteiger partial charge in [-0.3, -0.25) is 8.74 Å². The van der Waals surface area contributed by atoms with Gasteiger partial charge in [0.15, 0.2) is 0 Å². The Kier molecular flexibility index (Phi) is 11.5. The third-order valence-corrected chi connectivity index (χ3v) is 4.17. The quantitative estimate of drug-likeness (QED) is 0.384. The Hall–Kier alpha value is 0.770. The first-order valence-electron chi connectivity index (χ1n) is 4.26. The molecular formula is C7H16O3S3. The molecule has 0 bridgehead atoms. The van der Waals surface area contributed by atoms with Crippen molar-refractivity contribution >= 4 is 32.9 Å². The van der Waals surface area contributed by atoms with Crippen LogP contribution in [0.2, 0.25) is 0 Å². The summed E-state index contributed by atoms with van der Waals surface area (Å²) in [5.74, 6) is 2.17. The van der Waals surface area contributed by atoms with Crippen LogP contribution in [0.1, 0.15) is 26.2 Å². The first kappa shape index (κ1) is 13.8. The molecule has 0 fully saturated rings. The maximum absolute atomic E-state index is 10.1. The van der Waals surface area contributed by atoms with Gasteiger partial charge in [-0.15, -0.1) is 0 Å². The molecule has 80 valence electrons. The largest absolute Gasteiger partial charge is 0.301 e. The highest BCUT2D eigenvalue weighted by atomic mass is 33.1. The van der Waals surface area contributed by atoms with E-state index in [0.29, 0.717) is 6.61 Å². The fraction of sp³-hybridized carbons (Fsp3) is 1.00. The van der Waals surface area contributed by atoms with E-state index >= 15 is 0 Å². The Balaban J connectivity index is 2.87.